The Kier molecular flexibility index (Phi) is 3.17. The lowest BCUT2D eigenvalue weighted by Gasteiger charge is -2.26. The summed E-state index contributed by atoms with van der Waals surface area (Å²) in [6, 6.07) is 6.23. The average molecular weight is 287 g/mol. The molecule has 1 aromatic heterocycles. The Balaban J connectivity index is 2.11. The minimum atomic E-state index is -1.11. The molecule has 0 saturated heterocycles. The van der Waals surface area contributed by atoms with Crippen molar-refractivity contribution in [3.63, 3.8) is 0 Å². The van der Waals surface area contributed by atoms with E-state index in [1.54, 1.807) is 12.1 Å². The lowest BCUT2D eigenvalue weighted by molar-refractivity contribution is 0.0680. The second-order valence-electron chi connectivity index (χ2n) is 5.02. The fraction of sp³-hybridized carbons (Fsp3) is 0.286. The minimum Gasteiger partial charge on any atom is -0.478 e. The molecule has 7 nitrogen and oxygen atoms in total. The summed E-state index contributed by atoms with van der Waals surface area (Å²) in [5.41, 5.74) is 1.13. The quantitative estimate of drug-likeness (QED) is 0.890. The van der Waals surface area contributed by atoms with Gasteiger partial charge in [-0.15, -0.1) is 5.10 Å². The van der Waals surface area contributed by atoms with Crippen LogP contribution in [0.4, 0.5) is 0 Å². The Labute approximate surface area is 119 Å². The van der Waals surface area contributed by atoms with Gasteiger partial charge in [0.15, 0.2) is 5.69 Å². The van der Waals surface area contributed by atoms with E-state index in [1.165, 1.54) is 16.8 Å². The molecule has 21 heavy (non-hydrogen) atoms. The molecule has 0 aliphatic heterocycles. The maximum absolute atomic E-state index is 11.3. The minimum absolute atomic E-state index is 0.0552. The molecule has 0 radical (unpaired) electrons. The first-order valence-electron chi connectivity index (χ1n) is 6.60. The van der Waals surface area contributed by atoms with Gasteiger partial charge in [0.05, 0.1) is 16.9 Å². The zero-order chi connectivity index (χ0) is 15.0. The summed E-state index contributed by atoms with van der Waals surface area (Å²) in [6.07, 6.45) is 2.84. The van der Waals surface area contributed by atoms with Gasteiger partial charge in [-0.05, 0) is 31.0 Å². The predicted molar refractivity (Wildman–Crippen MR) is 71.9 cm³/mol. The number of aromatic carboxylic acids is 2. The van der Waals surface area contributed by atoms with E-state index >= 15 is 0 Å². The van der Waals surface area contributed by atoms with E-state index in [-0.39, 0.29) is 17.2 Å². The normalized spacial score (nSPS) is 14.7. The lowest BCUT2D eigenvalue weighted by Crippen LogP contribution is -2.17. The molecule has 7 heteroatoms. The molecule has 0 amide bonds. The number of carboxylic acids is 2. The Morgan fingerprint density at radius 3 is 2.52 bits per heavy atom. The molecule has 2 aromatic rings. The maximum atomic E-state index is 11.3. The largest absolute Gasteiger partial charge is 0.478 e. The van der Waals surface area contributed by atoms with E-state index in [0.717, 1.165) is 19.3 Å². The smallest absolute Gasteiger partial charge is 0.358 e. The number of aromatic nitrogens is 3. The number of carboxylic acid groups (broad SMARTS) is 2. The van der Waals surface area contributed by atoms with E-state index < -0.39 is 11.9 Å². The van der Waals surface area contributed by atoms with Crippen LogP contribution in [-0.4, -0.2) is 37.1 Å². The zero-order valence-corrected chi connectivity index (χ0v) is 11.1. The highest BCUT2D eigenvalue weighted by Gasteiger charge is 2.31. The van der Waals surface area contributed by atoms with Crippen LogP contribution in [0.5, 0.6) is 0 Å². The van der Waals surface area contributed by atoms with Crippen molar-refractivity contribution in [1.82, 2.24) is 15.0 Å². The second-order valence-corrected chi connectivity index (χ2v) is 5.02. The summed E-state index contributed by atoms with van der Waals surface area (Å²) in [5, 5.41) is 25.9. The van der Waals surface area contributed by atoms with Crippen LogP contribution in [-0.2, 0) is 0 Å². The van der Waals surface area contributed by atoms with Gasteiger partial charge in [0.2, 0.25) is 0 Å². The third kappa shape index (κ3) is 2.26. The van der Waals surface area contributed by atoms with Crippen molar-refractivity contribution in [3.05, 3.63) is 41.2 Å². The van der Waals surface area contributed by atoms with Crippen molar-refractivity contribution in [3.8, 4) is 5.69 Å². The van der Waals surface area contributed by atoms with E-state index in [2.05, 4.69) is 10.3 Å². The highest BCUT2D eigenvalue weighted by molar-refractivity contribution is 5.88. The molecule has 0 spiro atoms. The van der Waals surface area contributed by atoms with Gasteiger partial charge in [0, 0.05) is 5.92 Å². The van der Waals surface area contributed by atoms with Gasteiger partial charge < -0.3 is 10.2 Å². The van der Waals surface area contributed by atoms with Crippen molar-refractivity contribution < 1.29 is 19.8 Å². The Morgan fingerprint density at radius 2 is 1.95 bits per heavy atom. The molecule has 0 atom stereocenters. The number of hydrogen-bond donors (Lipinski definition) is 2. The van der Waals surface area contributed by atoms with Crippen LogP contribution < -0.4 is 0 Å². The van der Waals surface area contributed by atoms with Crippen molar-refractivity contribution in [2.45, 2.75) is 25.2 Å². The highest BCUT2D eigenvalue weighted by Crippen LogP contribution is 2.38. The van der Waals surface area contributed by atoms with Crippen molar-refractivity contribution >= 4 is 11.9 Å². The molecular formula is C14H13N3O4. The maximum Gasteiger partial charge on any atom is 0.358 e. The highest BCUT2D eigenvalue weighted by atomic mass is 16.4. The molecule has 3 rings (SSSR count). The molecule has 108 valence electrons. The standard InChI is InChI=1S/C14H13N3O4/c18-13(19)9-5-2-6-10(7-9)17-12(8-3-1-4-8)11(14(20)21)15-16-17/h2,5-8H,1,3-4H2,(H,18,19)(H,20,21). The number of rotatable bonds is 4. The topological polar surface area (TPSA) is 105 Å². The number of carbonyl (C=O) groups is 2. The number of nitrogens with zero attached hydrogens (tertiary/aromatic N) is 3. The Morgan fingerprint density at radius 1 is 1.19 bits per heavy atom. The zero-order valence-electron chi connectivity index (χ0n) is 11.1. The summed E-state index contributed by atoms with van der Waals surface area (Å²) in [5.74, 6) is -2.04. The summed E-state index contributed by atoms with van der Waals surface area (Å²) in [7, 11) is 0. The third-order valence-electron chi connectivity index (χ3n) is 3.74. The van der Waals surface area contributed by atoms with E-state index in [1.807, 2.05) is 0 Å². The average Bonchev–Trinajstić information content (AvgIpc) is 2.81. The van der Waals surface area contributed by atoms with Gasteiger partial charge in [-0.3, -0.25) is 0 Å². The number of hydrogen-bond acceptors (Lipinski definition) is 4. The second kappa shape index (κ2) is 5.01. The summed E-state index contributed by atoms with van der Waals surface area (Å²) in [6.45, 7) is 0. The van der Waals surface area contributed by atoms with E-state index in [9.17, 15) is 14.7 Å². The van der Waals surface area contributed by atoms with Gasteiger partial charge >= 0.3 is 11.9 Å². The van der Waals surface area contributed by atoms with Gasteiger partial charge in [-0.25, -0.2) is 14.3 Å². The molecule has 1 aliphatic carbocycles. The van der Waals surface area contributed by atoms with Crippen LogP contribution in [0, 0.1) is 0 Å². The first-order chi connectivity index (χ1) is 10.1. The summed E-state index contributed by atoms with van der Waals surface area (Å²) in [4.78, 5) is 22.3. The molecule has 2 N–H and O–H groups in total. The molecule has 0 bridgehead atoms. The molecule has 1 aliphatic rings. The van der Waals surface area contributed by atoms with E-state index in [4.69, 9.17) is 5.11 Å². The van der Waals surface area contributed by atoms with Crippen molar-refractivity contribution in [2.24, 2.45) is 0 Å². The van der Waals surface area contributed by atoms with Gasteiger partial charge in [0.25, 0.3) is 0 Å². The van der Waals surface area contributed by atoms with E-state index in [0.29, 0.717) is 11.4 Å². The van der Waals surface area contributed by atoms with Crippen LogP contribution in [0.25, 0.3) is 5.69 Å². The number of benzene rings is 1. The first-order valence-corrected chi connectivity index (χ1v) is 6.60. The summed E-state index contributed by atoms with van der Waals surface area (Å²) < 4.78 is 1.44. The van der Waals surface area contributed by atoms with Gasteiger partial charge in [-0.1, -0.05) is 17.7 Å². The van der Waals surface area contributed by atoms with Crippen molar-refractivity contribution in [2.75, 3.05) is 0 Å². The molecule has 1 fully saturated rings. The van der Waals surface area contributed by atoms with Crippen LogP contribution in [0.15, 0.2) is 24.3 Å². The fourth-order valence-corrected chi connectivity index (χ4v) is 2.45. The third-order valence-corrected chi connectivity index (χ3v) is 3.74. The molecule has 1 saturated carbocycles. The fourth-order valence-electron chi connectivity index (χ4n) is 2.45. The molecule has 1 aromatic carbocycles. The van der Waals surface area contributed by atoms with Crippen molar-refractivity contribution in [1.29, 1.82) is 0 Å². The van der Waals surface area contributed by atoms with Crippen LogP contribution in [0.2, 0.25) is 0 Å². The Bertz CT molecular complexity index is 719. The predicted octanol–water partition coefficient (Wildman–Crippen LogP) is 1.93. The summed E-state index contributed by atoms with van der Waals surface area (Å²) >= 11 is 0. The molecule has 1 heterocycles. The SMILES string of the molecule is O=C(O)c1cccc(-n2nnc(C(=O)O)c2C2CCC2)c1. The van der Waals surface area contributed by atoms with Crippen LogP contribution >= 0.6 is 0 Å². The monoisotopic (exact) mass is 287 g/mol. The molecule has 0 unspecified atom stereocenters. The van der Waals surface area contributed by atoms with Crippen LogP contribution in [0.3, 0.4) is 0 Å². The Hall–Kier alpha value is -2.70. The lowest BCUT2D eigenvalue weighted by atomic mass is 9.82. The van der Waals surface area contributed by atoms with Crippen LogP contribution in [0.1, 0.15) is 51.7 Å². The van der Waals surface area contributed by atoms with Gasteiger partial charge in [0.1, 0.15) is 0 Å². The molecular weight excluding hydrogens is 274 g/mol. The first kappa shape index (κ1) is 13.3. The van der Waals surface area contributed by atoms with Gasteiger partial charge in [-0.2, -0.15) is 0 Å².